The largest absolute Gasteiger partial charge is 0.394 e. The van der Waals surface area contributed by atoms with E-state index < -0.39 is 0 Å². The molecule has 1 heterocycles. The molecular formula is C13H24N2O3. The highest BCUT2D eigenvalue weighted by Gasteiger charge is 2.29. The molecule has 18 heavy (non-hydrogen) atoms. The molecule has 2 N–H and O–H groups in total. The Morgan fingerprint density at radius 2 is 2.06 bits per heavy atom. The van der Waals surface area contributed by atoms with Crippen molar-refractivity contribution in [1.82, 2.24) is 10.2 Å². The zero-order chi connectivity index (χ0) is 13.7. The molecule has 0 saturated carbocycles. The third-order valence-corrected chi connectivity index (χ3v) is 3.26. The Kier molecular flexibility index (Phi) is 5.59. The third-order valence-electron chi connectivity index (χ3n) is 3.26. The fraction of sp³-hybridized carbons (Fsp3) is 0.846. The molecule has 0 aromatic rings. The second kappa shape index (κ2) is 6.73. The van der Waals surface area contributed by atoms with Crippen LogP contribution in [0, 0.1) is 11.8 Å². The van der Waals surface area contributed by atoms with Crippen LogP contribution >= 0.6 is 0 Å². The molecule has 0 radical (unpaired) electrons. The molecular weight excluding hydrogens is 232 g/mol. The van der Waals surface area contributed by atoms with Gasteiger partial charge in [-0.15, -0.1) is 0 Å². The summed E-state index contributed by atoms with van der Waals surface area (Å²) >= 11 is 0. The van der Waals surface area contributed by atoms with Crippen LogP contribution in [0.3, 0.4) is 0 Å². The predicted molar refractivity (Wildman–Crippen MR) is 68.8 cm³/mol. The number of carbonyl (C=O) groups excluding carboxylic acids is 2. The summed E-state index contributed by atoms with van der Waals surface area (Å²) in [6.45, 7) is 6.70. The lowest BCUT2D eigenvalue weighted by Gasteiger charge is -2.33. The Hall–Kier alpha value is -1.10. The number of rotatable bonds is 4. The molecule has 1 fully saturated rings. The maximum absolute atomic E-state index is 11.9. The average molecular weight is 256 g/mol. The molecule has 0 aliphatic carbocycles. The lowest BCUT2D eigenvalue weighted by Crippen LogP contribution is -2.48. The third kappa shape index (κ3) is 3.98. The average Bonchev–Trinajstić information content (AvgIpc) is 2.37. The lowest BCUT2D eigenvalue weighted by molar-refractivity contribution is -0.138. The van der Waals surface area contributed by atoms with Gasteiger partial charge in [0.15, 0.2) is 0 Å². The van der Waals surface area contributed by atoms with Crippen molar-refractivity contribution >= 4 is 11.8 Å². The van der Waals surface area contributed by atoms with Gasteiger partial charge in [-0.2, -0.15) is 0 Å². The Morgan fingerprint density at radius 3 is 2.61 bits per heavy atom. The Bertz CT molecular complexity index is 305. The first-order chi connectivity index (χ1) is 8.45. The van der Waals surface area contributed by atoms with Crippen LogP contribution in [-0.2, 0) is 9.59 Å². The molecule has 1 rings (SSSR count). The summed E-state index contributed by atoms with van der Waals surface area (Å²) in [7, 11) is 0. The van der Waals surface area contributed by atoms with E-state index in [-0.39, 0.29) is 36.3 Å². The minimum atomic E-state index is -0.228. The van der Waals surface area contributed by atoms with Crippen LogP contribution in [0.25, 0.3) is 0 Å². The summed E-state index contributed by atoms with van der Waals surface area (Å²) in [5, 5.41) is 11.7. The molecule has 2 atom stereocenters. The molecule has 2 amide bonds. The second-order valence-corrected chi connectivity index (χ2v) is 5.37. The van der Waals surface area contributed by atoms with Gasteiger partial charge in [0.2, 0.25) is 11.8 Å². The molecule has 0 bridgehead atoms. The van der Waals surface area contributed by atoms with Gasteiger partial charge in [-0.1, -0.05) is 13.8 Å². The van der Waals surface area contributed by atoms with Gasteiger partial charge in [0.1, 0.15) is 0 Å². The SMILES string of the molecule is CC(CO)NC(=O)C1CCCN(C(=O)C(C)C)C1. The Balaban J connectivity index is 2.53. The first-order valence-electron chi connectivity index (χ1n) is 6.65. The zero-order valence-corrected chi connectivity index (χ0v) is 11.5. The smallest absolute Gasteiger partial charge is 0.225 e. The number of aliphatic hydroxyl groups is 1. The number of piperidine rings is 1. The van der Waals surface area contributed by atoms with Gasteiger partial charge < -0.3 is 15.3 Å². The molecule has 1 aliphatic rings. The van der Waals surface area contributed by atoms with E-state index in [1.165, 1.54) is 0 Å². The summed E-state index contributed by atoms with van der Waals surface area (Å²) in [4.78, 5) is 25.6. The molecule has 5 heteroatoms. The Morgan fingerprint density at radius 1 is 1.39 bits per heavy atom. The van der Waals surface area contributed by atoms with Crippen LogP contribution in [0.15, 0.2) is 0 Å². The highest BCUT2D eigenvalue weighted by Crippen LogP contribution is 2.18. The van der Waals surface area contributed by atoms with Crippen molar-refractivity contribution in [3.8, 4) is 0 Å². The van der Waals surface area contributed by atoms with Gasteiger partial charge in [-0.3, -0.25) is 9.59 Å². The number of likely N-dealkylation sites (tertiary alicyclic amines) is 1. The van der Waals surface area contributed by atoms with Crippen LogP contribution in [-0.4, -0.2) is 47.6 Å². The van der Waals surface area contributed by atoms with Crippen LogP contribution in [0.5, 0.6) is 0 Å². The van der Waals surface area contributed by atoms with Crippen molar-refractivity contribution in [3.05, 3.63) is 0 Å². The van der Waals surface area contributed by atoms with Crippen molar-refractivity contribution in [2.75, 3.05) is 19.7 Å². The minimum absolute atomic E-state index is 0.0248. The quantitative estimate of drug-likeness (QED) is 0.764. The predicted octanol–water partition coefficient (Wildman–Crippen LogP) is 0.378. The Labute approximate surface area is 109 Å². The number of nitrogens with zero attached hydrogens (tertiary/aromatic N) is 1. The molecule has 0 aromatic heterocycles. The number of carbonyl (C=O) groups is 2. The normalized spacial score (nSPS) is 21.8. The van der Waals surface area contributed by atoms with E-state index in [4.69, 9.17) is 5.11 Å². The number of hydrogen-bond acceptors (Lipinski definition) is 3. The van der Waals surface area contributed by atoms with Crippen molar-refractivity contribution in [2.24, 2.45) is 11.8 Å². The number of aliphatic hydroxyl groups excluding tert-OH is 1. The van der Waals surface area contributed by atoms with Gasteiger partial charge in [-0.25, -0.2) is 0 Å². The van der Waals surface area contributed by atoms with Crippen molar-refractivity contribution < 1.29 is 14.7 Å². The standard InChI is InChI=1S/C13H24N2O3/c1-9(2)13(18)15-6-4-5-11(7-15)12(17)14-10(3)8-16/h9-11,16H,4-8H2,1-3H3,(H,14,17). The van der Waals surface area contributed by atoms with Gasteiger partial charge >= 0.3 is 0 Å². The summed E-state index contributed by atoms with van der Waals surface area (Å²) in [6, 6.07) is -0.228. The molecule has 5 nitrogen and oxygen atoms in total. The van der Waals surface area contributed by atoms with Gasteiger partial charge in [0.05, 0.1) is 12.5 Å². The van der Waals surface area contributed by atoms with Crippen LogP contribution in [0.1, 0.15) is 33.6 Å². The highest BCUT2D eigenvalue weighted by atomic mass is 16.3. The number of nitrogens with one attached hydrogen (secondary N) is 1. The van der Waals surface area contributed by atoms with Crippen LogP contribution < -0.4 is 5.32 Å². The minimum Gasteiger partial charge on any atom is -0.394 e. The van der Waals surface area contributed by atoms with Crippen molar-refractivity contribution in [3.63, 3.8) is 0 Å². The van der Waals surface area contributed by atoms with E-state index in [1.807, 2.05) is 13.8 Å². The van der Waals surface area contributed by atoms with Crippen molar-refractivity contribution in [1.29, 1.82) is 0 Å². The molecule has 104 valence electrons. The molecule has 0 spiro atoms. The van der Waals surface area contributed by atoms with Gasteiger partial charge in [-0.05, 0) is 19.8 Å². The lowest BCUT2D eigenvalue weighted by atomic mass is 9.96. The van der Waals surface area contributed by atoms with Gasteiger partial charge in [0.25, 0.3) is 0 Å². The van der Waals surface area contributed by atoms with E-state index in [1.54, 1.807) is 11.8 Å². The van der Waals surface area contributed by atoms with E-state index >= 15 is 0 Å². The van der Waals surface area contributed by atoms with E-state index in [9.17, 15) is 9.59 Å². The molecule has 0 aromatic carbocycles. The molecule has 1 saturated heterocycles. The topological polar surface area (TPSA) is 69.6 Å². The monoisotopic (exact) mass is 256 g/mol. The highest BCUT2D eigenvalue weighted by molar-refractivity contribution is 5.82. The zero-order valence-electron chi connectivity index (χ0n) is 11.5. The van der Waals surface area contributed by atoms with Crippen LogP contribution in [0.4, 0.5) is 0 Å². The van der Waals surface area contributed by atoms with E-state index in [0.717, 1.165) is 19.4 Å². The first kappa shape index (κ1) is 15.0. The first-order valence-corrected chi connectivity index (χ1v) is 6.65. The summed E-state index contributed by atoms with van der Waals surface area (Å²) in [5.41, 5.74) is 0. The van der Waals surface area contributed by atoms with Gasteiger partial charge in [0, 0.05) is 25.0 Å². The summed E-state index contributed by atoms with van der Waals surface area (Å²) in [6.07, 6.45) is 1.68. The van der Waals surface area contributed by atoms with E-state index in [0.29, 0.717) is 6.54 Å². The number of hydrogen-bond donors (Lipinski definition) is 2. The summed E-state index contributed by atoms with van der Waals surface area (Å²) in [5.74, 6) is -0.112. The fourth-order valence-corrected chi connectivity index (χ4v) is 2.16. The van der Waals surface area contributed by atoms with Crippen molar-refractivity contribution in [2.45, 2.75) is 39.7 Å². The van der Waals surface area contributed by atoms with E-state index in [2.05, 4.69) is 5.32 Å². The fourth-order valence-electron chi connectivity index (χ4n) is 2.16. The maximum Gasteiger partial charge on any atom is 0.225 e. The summed E-state index contributed by atoms with van der Waals surface area (Å²) < 4.78 is 0. The molecule has 2 unspecified atom stereocenters. The second-order valence-electron chi connectivity index (χ2n) is 5.37. The maximum atomic E-state index is 11.9. The van der Waals surface area contributed by atoms with Crippen LogP contribution in [0.2, 0.25) is 0 Å². The molecule has 1 aliphatic heterocycles. The number of amides is 2.